The number of benzene rings is 3. The number of nitrogens with zero attached hydrogens (tertiary/aromatic N) is 2. The fraction of sp³-hybridized carbons (Fsp3) is 0.343. The van der Waals surface area contributed by atoms with E-state index in [0.29, 0.717) is 64.3 Å². The van der Waals surface area contributed by atoms with E-state index in [-0.39, 0.29) is 11.5 Å². The topological polar surface area (TPSA) is 97.8 Å². The molecule has 0 aromatic heterocycles. The molecular weight excluding hydrogens is 660 g/mol. The van der Waals surface area contributed by atoms with E-state index >= 15 is 0 Å². The van der Waals surface area contributed by atoms with Crippen molar-refractivity contribution in [3.63, 3.8) is 0 Å². The van der Waals surface area contributed by atoms with E-state index in [0.717, 1.165) is 56.0 Å². The van der Waals surface area contributed by atoms with Crippen molar-refractivity contribution in [2.75, 3.05) is 59.2 Å². The van der Waals surface area contributed by atoms with Gasteiger partial charge in [-0.3, -0.25) is 14.6 Å². The summed E-state index contributed by atoms with van der Waals surface area (Å²) in [6, 6.07) is 17.8. The molecular formula is C35H37ClN2O7S2. The number of aromatic carboxylic acids is 1. The number of carbonyl (C=O) groups excluding carboxylic acids is 1. The van der Waals surface area contributed by atoms with Crippen LogP contribution in [-0.2, 0) is 9.53 Å². The first-order valence-corrected chi connectivity index (χ1v) is 17.1. The van der Waals surface area contributed by atoms with Crippen molar-refractivity contribution in [1.82, 2.24) is 9.80 Å². The summed E-state index contributed by atoms with van der Waals surface area (Å²) in [6.45, 7) is 7.83. The van der Waals surface area contributed by atoms with Crippen LogP contribution in [-0.4, -0.2) is 90.3 Å². The second-order valence-electron chi connectivity index (χ2n) is 10.9. The quantitative estimate of drug-likeness (QED) is 0.103. The third-order valence-electron chi connectivity index (χ3n) is 7.56. The molecule has 0 spiro atoms. The van der Waals surface area contributed by atoms with E-state index in [1.54, 1.807) is 17.0 Å². The van der Waals surface area contributed by atoms with Gasteiger partial charge in [0.15, 0.2) is 0 Å². The van der Waals surface area contributed by atoms with Crippen LogP contribution in [0, 0.1) is 0 Å². The number of ether oxygens (including phenoxy) is 4. The largest absolute Gasteiger partial charge is 0.494 e. The average molecular weight is 697 g/mol. The lowest BCUT2D eigenvalue weighted by Gasteiger charge is -2.26. The van der Waals surface area contributed by atoms with Gasteiger partial charge in [-0.15, -0.1) is 0 Å². The van der Waals surface area contributed by atoms with Crippen LogP contribution in [0.5, 0.6) is 17.2 Å². The van der Waals surface area contributed by atoms with Gasteiger partial charge in [-0.25, -0.2) is 4.79 Å². The van der Waals surface area contributed by atoms with Gasteiger partial charge in [0.05, 0.1) is 41.9 Å². The minimum Gasteiger partial charge on any atom is -0.494 e. The molecule has 2 heterocycles. The molecule has 2 saturated heterocycles. The molecule has 0 atom stereocenters. The van der Waals surface area contributed by atoms with Gasteiger partial charge in [0.2, 0.25) is 0 Å². The molecule has 5 rings (SSSR count). The number of hydrogen-bond acceptors (Lipinski definition) is 9. The van der Waals surface area contributed by atoms with E-state index in [4.69, 9.17) is 47.9 Å². The van der Waals surface area contributed by atoms with Gasteiger partial charge in [0, 0.05) is 31.7 Å². The SMILES string of the molecule is CCCOc1ccc(-c2ccc(OCCN3CCOCC3)c(/C=C3\SC(=S)N(CCCOc4ccc(C(=O)O)cc4)C3=O)c2)cc1Cl. The summed E-state index contributed by atoms with van der Waals surface area (Å²) in [5.74, 6) is 0.712. The number of carbonyl (C=O) groups is 2. The molecule has 47 heavy (non-hydrogen) atoms. The van der Waals surface area contributed by atoms with Crippen molar-refractivity contribution >= 4 is 57.9 Å². The lowest BCUT2D eigenvalue weighted by molar-refractivity contribution is -0.122. The number of thioether (sulfide) groups is 1. The van der Waals surface area contributed by atoms with Crippen LogP contribution in [0.25, 0.3) is 17.2 Å². The number of carboxylic acids is 1. The third kappa shape index (κ3) is 9.48. The van der Waals surface area contributed by atoms with Crippen LogP contribution in [0.15, 0.2) is 65.6 Å². The zero-order valence-electron chi connectivity index (χ0n) is 26.1. The second kappa shape index (κ2) is 17.0. The van der Waals surface area contributed by atoms with Crippen LogP contribution in [0.1, 0.15) is 35.7 Å². The van der Waals surface area contributed by atoms with Crippen LogP contribution in [0.3, 0.4) is 0 Å². The summed E-state index contributed by atoms with van der Waals surface area (Å²) >= 11 is 13.4. The molecule has 0 radical (unpaired) electrons. The molecule has 248 valence electrons. The lowest BCUT2D eigenvalue weighted by Crippen LogP contribution is -2.38. The molecule has 3 aromatic carbocycles. The van der Waals surface area contributed by atoms with Crippen LogP contribution in [0.2, 0.25) is 5.02 Å². The first-order valence-electron chi connectivity index (χ1n) is 15.5. The van der Waals surface area contributed by atoms with Crippen molar-refractivity contribution in [3.8, 4) is 28.4 Å². The molecule has 0 aliphatic carbocycles. The molecule has 0 unspecified atom stereocenters. The van der Waals surface area contributed by atoms with Gasteiger partial charge < -0.3 is 24.1 Å². The van der Waals surface area contributed by atoms with Gasteiger partial charge in [0.1, 0.15) is 28.2 Å². The van der Waals surface area contributed by atoms with Gasteiger partial charge in [-0.2, -0.15) is 0 Å². The smallest absolute Gasteiger partial charge is 0.335 e. The highest BCUT2D eigenvalue weighted by atomic mass is 35.5. The Bertz CT molecular complexity index is 1610. The maximum Gasteiger partial charge on any atom is 0.335 e. The van der Waals surface area contributed by atoms with Crippen molar-refractivity contribution in [2.24, 2.45) is 0 Å². The summed E-state index contributed by atoms with van der Waals surface area (Å²) in [7, 11) is 0. The summed E-state index contributed by atoms with van der Waals surface area (Å²) in [5, 5.41) is 9.60. The third-order valence-corrected chi connectivity index (χ3v) is 9.23. The summed E-state index contributed by atoms with van der Waals surface area (Å²) < 4.78 is 23.7. The minimum atomic E-state index is -0.992. The van der Waals surface area contributed by atoms with Crippen molar-refractivity contribution in [1.29, 1.82) is 0 Å². The fourth-order valence-electron chi connectivity index (χ4n) is 5.03. The molecule has 12 heteroatoms. The van der Waals surface area contributed by atoms with E-state index in [1.807, 2.05) is 49.4 Å². The molecule has 9 nitrogen and oxygen atoms in total. The second-order valence-corrected chi connectivity index (χ2v) is 13.0. The molecule has 1 N–H and O–H groups in total. The zero-order valence-corrected chi connectivity index (χ0v) is 28.5. The highest BCUT2D eigenvalue weighted by molar-refractivity contribution is 8.26. The Morgan fingerprint density at radius 1 is 0.957 bits per heavy atom. The van der Waals surface area contributed by atoms with Gasteiger partial charge in [-0.05, 0) is 78.6 Å². The molecule has 2 aliphatic heterocycles. The molecule has 3 aromatic rings. The van der Waals surface area contributed by atoms with Gasteiger partial charge in [0.25, 0.3) is 5.91 Å². The molecule has 0 bridgehead atoms. The normalized spacial score (nSPS) is 16.1. The number of carboxylic acid groups (broad SMARTS) is 1. The number of amides is 1. The summed E-state index contributed by atoms with van der Waals surface area (Å²) in [4.78, 5) is 29.0. The monoisotopic (exact) mass is 696 g/mol. The number of hydrogen-bond donors (Lipinski definition) is 1. The Labute approximate surface area is 289 Å². The number of thiocarbonyl (C=S) groups is 1. The molecule has 2 fully saturated rings. The number of halogens is 1. The average Bonchev–Trinajstić information content (AvgIpc) is 3.34. The first-order chi connectivity index (χ1) is 22.8. The van der Waals surface area contributed by atoms with Gasteiger partial charge >= 0.3 is 5.97 Å². The maximum absolute atomic E-state index is 13.5. The zero-order chi connectivity index (χ0) is 33.2. The van der Waals surface area contributed by atoms with E-state index in [2.05, 4.69) is 4.90 Å². The van der Waals surface area contributed by atoms with Crippen molar-refractivity contribution in [3.05, 3.63) is 81.7 Å². The maximum atomic E-state index is 13.5. The number of morpholine rings is 1. The van der Waals surface area contributed by atoms with Crippen LogP contribution < -0.4 is 14.2 Å². The van der Waals surface area contributed by atoms with Crippen molar-refractivity contribution < 1.29 is 33.6 Å². The lowest BCUT2D eigenvalue weighted by atomic mass is 10.0. The molecule has 2 aliphatic rings. The van der Waals surface area contributed by atoms with Crippen LogP contribution >= 0.6 is 35.6 Å². The Hall–Kier alpha value is -3.61. The Kier molecular flexibility index (Phi) is 12.5. The van der Waals surface area contributed by atoms with Crippen molar-refractivity contribution in [2.45, 2.75) is 19.8 Å². The van der Waals surface area contributed by atoms with E-state index in [1.165, 1.54) is 23.9 Å². The standard InChI is InChI=1S/C35H37ClN2O7S2/c1-2-16-44-31-11-7-26(22-29(31)36)25-6-10-30(45-20-15-37-13-18-42-19-14-37)27(21-25)23-32-33(39)38(35(46)47-32)12-3-17-43-28-8-4-24(5-9-28)34(40)41/h4-11,21-23H,2-3,12-20H2,1H3,(H,40,41)/b32-23-. The highest BCUT2D eigenvalue weighted by Crippen LogP contribution is 2.37. The van der Waals surface area contributed by atoms with E-state index in [9.17, 15) is 9.59 Å². The Balaban J connectivity index is 1.29. The predicted molar refractivity (Wildman–Crippen MR) is 189 cm³/mol. The minimum absolute atomic E-state index is 0.170. The van der Waals surface area contributed by atoms with Crippen LogP contribution in [0.4, 0.5) is 0 Å². The summed E-state index contributed by atoms with van der Waals surface area (Å²) in [6.07, 6.45) is 3.28. The Morgan fingerprint density at radius 2 is 1.66 bits per heavy atom. The predicted octanol–water partition coefficient (Wildman–Crippen LogP) is 6.88. The van der Waals surface area contributed by atoms with Gasteiger partial charge in [-0.1, -0.05) is 54.6 Å². The fourth-order valence-corrected chi connectivity index (χ4v) is 6.57. The Morgan fingerprint density at radius 3 is 2.36 bits per heavy atom. The van der Waals surface area contributed by atoms with E-state index < -0.39 is 5.97 Å². The first kappa shape index (κ1) is 34.7. The molecule has 0 saturated carbocycles. The summed E-state index contributed by atoms with van der Waals surface area (Å²) in [5.41, 5.74) is 2.79. The molecule has 1 amide bonds. The highest BCUT2D eigenvalue weighted by Gasteiger charge is 2.32. The number of rotatable bonds is 15.